The molecule has 5 heteroatoms. The molecule has 5 nitrogen and oxygen atoms in total. The molecule has 0 saturated heterocycles. The maximum atomic E-state index is 12.4. The van der Waals surface area contributed by atoms with Gasteiger partial charge < -0.3 is 10.4 Å². The van der Waals surface area contributed by atoms with Crippen LogP contribution in [-0.2, 0) is 6.54 Å². The first-order valence-corrected chi connectivity index (χ1v) is 8.01. The summed E-state index contributed by atoms with van der Waals surface area (Å²) in [5, 5.41) is 17.8. The first kappa shape index (κ1) is 16.0. The highest BCUT2D eigenvalue weighted by Crippen LogP contribution is 2.27. The number of carbonyl (C=O) groups is 1. The van der Waals surface area contributed by atoms with Crippen molar-refractivity contribution in [2.45, 2.75) is 71.4 Å². The predicted octanol–water partition coefficient (Wildman–Crippen LogP) is 2.33. The number of hydrogen-bond acceptors (Lipinski definition) is 3. The van der Waals surface area contributed by atoms with Gasteiger partial charge in [-0.05, 0) is 33.1 Å². The number of aromatic nitrogens is 2. The van der Waals surface area contributed by atoms with Crippen molar-refractivity contribution < 1.29 is 9.90 Å². The summed E-state index contributed by atoms with van der Waals surface area (Å²) in [6.07, 6.45) is 5.80. The number of rotatable bonds is 5. The minimum atomic E-state index is -0.727. The lowest BCUT2D eigenvalue weighted by Crippen LogP contribution is -2.44. The van der Waals surface area contributed by atoms with E-state index in [1.165, 1.54) is 6.42 Å². The normalized spacial score (nSPS) is 17.7. The van der Waals surface area contributed by atoms with Gasteiger partial charge in [0.1, 0.15) is 0 Å². The Morgan fingerprint density at radius 2 is 2.00 bits per heavy atom. The molecular weight excluding hydrogens is 266 g/mol. The second-order valence-electron chi connectivity index (χ2n) is 6.24. The molecule has 1 aromatic heterocycles. The predicted molar refractivity (Wildman–Crippen MR) is 82.4 cm³/mol. The highest BCUT2D eigenvalue weighted by molar-refractivity contribution is 5.96. The molecule has 1 heterocycles. The van der Waals surface area contributed by atoms with E-state index in [0.29, 0.717) is 12.1 Å². The van der Waals surface area contributed by atoms with Gasteiger partial charge in [-0.2, -0.15) is 5.10 Å². The van der Waals surface area contributed by atoms with Crippen LogP contribution in [-0.4, -0.2) is 32.9 Å². The van der Waals surface area contributed by atoms with Crippen molar-refractivity contribution >= 4 is 5.91 Å². The minimum Gasteiger partial charge on any atom is -0.388 e. The van der Waals surface area contributed by atoms with Crippen molar-refractivity contribution in [2.24, 2.45) is 0 Å². The molecule has 2 N–H and O–H groups in total. The van der Waals surface area contributed by atoms with Crippen LogP contribution in [0.1, 0.15) is 67.2 Å². The zero-order valence-electron chi connectivity index (χ0n) is 13.4. The maximum absolute atomic E-state index is 12.4. The van der Waals surface area contributed by atoms with Crippen molar-refractivity contribution in [3.63, 3.8) is 0 Å². The largest absolute Gasteiger partial charge is 0.388 e. The van der Waals surface area contributed by atoms with Gasteiger partial charge in [-0.15, -0.1) is 0 Å². The van der Waals surface area contributed by atoms with Crippen LogP contribution in [0, 0.1) is 13.8 Å². The molecule has 1 saturated carbocycles. The molecule has 1 aliphatic rings. The van der Waals surface area contributed by atoms with Crippen LogP contribution in [0.5, 0.6) is 0 Å². The Morgan fingerprint density at radius 1 is 1.33 bits per heavy atom. The SMILES string of the molecule is CCCn1nc(C)c(C(=O)NCC2(O)CCCCC2)c1C. The van der Waals surface area contributed by atoms with Crippen molar-refractivity contribution in [2.75, 3.05) is 6.54 Å². The van der Waals surface area contributed by atoms with Crippen LogP contribution >= 0.6 is 0 Å². The third kappa shape index (κ3) is 3.64. The number of nitrogens with zero attached hydrogens (tertiary/aromatic N) is 2. The highest BCUT2D eigenvalue weighted by Gasteiger charge is 2.30. The fourth-order valence-corrected chi connectivity index (χ4v) is 3.17. The second-order valence-corrected chi connectivity index (χ2v) is 6.24. The molecule has 2 rings (SSSR count). The van der Waals surface area contributed by atoms with Gasteiger partial charge in [-0.25, -0.2) is 0 Å². The summed E-state index contributed by atoms with van der Waals surface area (Å²) in [5.74, 6) is -0.119. The van der Waals surface area contributed by atoms with Gasteiger partial charge in [0.2, 0.25) is 0 Å². The third-order valence-electron chi connectivity index (χ3n) is 4.41. The Balaban J connectivity index is 2.03. The number of aliphatic hydroxyl groups is 1. The topological polar surface area (TPSA) is 67.2 Å². The number of aryl methyl sites for hydroxylation is 2. The summed E-state index contributed by atoms with van der Waals surface area (Å²) < 4.78 is 1.89. The van der Waals surface area contributed by atoms with E-state index in [1.54, 1.807) is 0 Å². The fraction of sp³-hybridized carbons (Fsp3) is 0.750. The second kappa shape index (κ2) is 6.60. The van der Waals surface area contributed by atoms with Crippen molar-refractivity contribution in [1.29, 1.82) is 0 Å². The van der Waals surface area contributed by atoms with Crippen LogP contribution in [0.2, 0.25) is 0 Å². The zero-order chi connectivity index (χ0) is 15.5. The average molecular weight is 293 g/mol. The monoisotopic (exact) mass is 293 g/mol. The van der Waals surface area contributed by atoms with Crippen molar-refractivity contribution in [3.8, 4) is 0 Å². The van der Waals surface area contributed by atoms with Crippen LogP contribution in [0.15, 0.2) is 0 Å². The third-order valence-corrected chi connectivity index (χ3v) is 4.41. The Morgan fingerprint density at radius 3 is 2.62 bits per heavy atom. The molecule has 118 valence electrons. The Hall–Kier alpha value is -1.36. The van der Waals surface area contributed by atoms with E-state index in [2.05, 4.69) is 17.3 Å². The lowest BCUT2D eigenvalue weighted by atomic mass is 9.85. The van der Waals surface area contributed by atoms with Crippen LogP contribution in [0.3, 0.4) is 0 Å². The van der Waals surface area contributed by atoms with Crippen LogP contribution in [0.4, 0.5) is 0 Å². The van der Waals surface area contributed by atoms with Crippen molar-refractivity contribution in [3.05, 3.63) is 17.0 Å². The summed E-state index contributed by atoms with van der Waals surface area (Å²) in [4.78, 5) is 12.4. The summed E-state index contributed by atoms with van der Waals surface area (Å²) in [6.45, 7) is 7.05. The summed E-state index contributed by atoms with van der Waals surface area (Å²) in [7, 11) is 0. The summed E-state index contributed by atoms with van der Waals surface area (Å²) in [6, 6.07) is 0. The fourth-order valence-electron chi connectivity index (χ4n) is 3.17. The zero-order valence-corrected chi connectivity index (χ0v) is 13.4. The Bertz CT molecular complexity index is 502. The standard InChI is InChI=1S/C16H27N3O2/c1-4-10-19-13(3)14(12(2)18-19)15(20)17-11-16(21)8-6-5-7-9-16/h21H,4-11H2,1-3H3,(H,17,20). The quantitative estimate of drug-likeness (QED) is 0.875. The molecule has 0 unspecified atom stereocenters. The molecule has 0 radical (unpaired) electrons. The molecule has 0 aromatic carbocycles. The first-order chi connectivity index (χ1) is 9.97. The Kier molecular flexibility index (Phi) is 5.04. The summed E-state index contributed by atoms with van der Waals surface area (Å²) in [5.41, 5.74) is 1.59. The molecule has 0 spiro atoms. The first-order valence-electron chi connectivity index (χ1n) is 8.01. The number of amides is 1. The molecule has 0 bridgehead atoms. The van der Waals surface area contributed by atoms with Gasteiger partial charge in [0, 0.05) is 18.8 Å². The van der Waals surface area contributed by atoms with E-state index in [1.807, 2.05) is 18.5 Å². The van der Waals surface area contributed by atoms with E-state index in [9.17, 15) is 9.90 Å². The van der Waals surface area contributed by atoms with Crippen molar-refractivity contribution in [1.82, 2.24) is 15.1 Å². The Labute approximate surface area is 126 Å². The van der Waals surface area contributed by atoms with E-state index in [4.69, 9.17) is 0 Å². The molecule has 1 aliphatic carbocycles. The van der Waals surface area contributed by atoms with Gasteiger partial charge in [0.25, 0.3) is 5.91 Å². The smallest absolute Gasteiger partial charge is 0.255 e. The van der Waals surface area contributed by atoms with Gasteiger partial charge >= 0.3 is 0 Å². The molecule has 1 aromatic rings. The van der Waals surface area contributed by atoms with Gasteiger partial charge in [0.15, 0.2) is 0 Å². The van der Waals surface area contributed by atoms with Crippen LogP contribution < -0.4 is 5.32 Å². The lowest BCUT2D eigenvalue weighted by Gasteiger charge is -2.32. The van der Waals surface area contributed by atoms with E-state index >= 15 is 0 Å². The summed E-state index contributed by atoms with van der Waals surface area (Å²) >= 11 is 0. The lowest BCUT2D eigenvalue weighted by molar-refractivity contribution is 0.00524. The number of hydrogen-bond donors (Lipinski definition) is 2. The van der Waals surface area contributed by atoms with Gasteiger partial charge in [-0.1, -0.05) is 26.2 Å². The van der Waals surface area contributed by atoms with Gasteiger partial charge in [0.05, 0.1) is 16.9 Å². The molecule has 0 aliphatic heterocycles. The van der Waals surface area contributed by atoms with E-state index in [0.717, 1.165) is 50.0 Å². The van der Waals surface area contributed by atoms with E-state index in [-0.39, 0.29) is 5.91 Å². The molecular formula is C16H27N3O2. The molecule has 0 atom stereocenters. The minimum absolute atomic E-state index is 0.119. The van der Waals surface area contributed by atoms with Gasteiger partial charge in [-0.3, -0.25) is 9.48 Å². The van der Waals surface area contributed by atoms with Crippen LogP contribution in [0.25, 0.3) is 0 Å². The average Bonchev–Trinajstić information content (AvgIpc) is 2.72. The maximum Gasteiger partial charge on any atom is 0.255 e. The molecule has 21 heavy (non-hydrogen) atoms. The molecule has 1 amide bonds. The number of carbonyl (C=O) groups excluding carboxylic acids is 1. The highest BCUT2D eigenvalue weighted by atomic mass is 16.3. The van der Waals surface area contributed by atoms with E-state index < -0.39 is 5.60 Å². The number of nitrogens with one attached hydrogen (secondary N) is 1. The molecule has 1 fully saturated rings.